The highest BCUT2D eigenvalue weighted by molar-refractivity contribution is 6.07. The summed E-state index contributed by atoms with van der Waals surface area (Å²) < 4.78 is 7.97. The number of ether oxygens (including phenoxy) is 1. The molecule has 152 valence electrons. The summed E-state index contributed by atoms with van der Waals surface area (Å²) in [6.45, 7) is 3.97. The SMILES string of the molecule is CCCCCCCCCCOC[C@@H](O)Cn1c2ccccc2c2ccccc21. The first-order valence-corrected chi connectivity index (χ1v) is 11.0. The molecule has 0 bridgehead atoms. The number of benzene rings is 2. The van der Waals surface area contributed by atoms with Crippen LogP contribution >= 0.6 is 0 Å². The number of aliphatic hydroxyl groups excluding tert-OH is 1. The molecular weight excluding hydrogens is 346 g/mol. The second kappa shape index (κ2) is 11.2. The van der Waals surface area contributed by atoms with Crippen molar-refractivity contribution in [3.05, 3.63) is 48.5 Å². The number of rotatable bonds is 13. The van der Waals surface area contributed by atoms with Crippen LogP contribution < -0.4 is 0 Å². The summed E-state index contributed by atoms with van der Waals surface area (Å²) >= 11 is 0. The molecule has 0 unspecified atom stereocenters. The van der Waals surface area contributed by atoms with Crippen LogP contribution in [0.4, 0.5) is 0 Å². The van der Waals surface area contributed by atoms with Crippen LogP contribution in [0.1, 0.15) is 58.3 Å². The summed E-state index contributed by atoms with van der Waals surface area (Å²) in [6, 6.07) is 16.8. The molecule has 0 aliphatic heterocycles. The van der Waals surface area contributed by atoms with Crippen LogP contribution in [0.3, 0.4) is 0 Å². The Morgan fingerprint density at radius 3 is 1.93 bits per heavy atom. The molecule has 1 aromatic heterocycles. The predicted octanol–water partition coefficient (Wildman–Crippen LogP) is 6.31. The fraction of sp³-hybridized carbons (Fsp3) is 0.520. The van der Waals surface area contributed by atoms with E-state index in [2.05, 4.69) is 60.0 Å². The first-order chi connectivity index (χ1) is 13.8. The number of unbranched alkanes of at least 4 members (excludes halogenated alkanes) is 7. The minimum atomic E-state index is -0.492. The molecule has 0 radical (unpaired) electrons. The van der Waals surface area contributed by atoms with E-state index >= 15 is 0 Å². The van der Waals surface area contributed by atoms with Crippen molar-refractivity contribution < 1.29 is 9.84 Å². The zero-order valence-corrected chi connectivity index (χ0v) is 17.3. The fourth-order valence-electron chi connectivity index (χ4n) is 4.02. The minimum Gasteiger partial charge on any atom is -0.389 e. The van der Waals surface area contributed by atoms with Gasteiger partial charge in [-0.25, -0.2) is 0 Å². The molecule has 1 heterocycles. The Kier molecular flexibility index (Phi) is 8.38. The van der Waals surface area contributed by atoms with Crippen molar-refractivity contribution in [2.24, 2.45) is 0 Å². The maximum atomic E-state index is 10.5. The number of fused-ring (bicyclic) bond motifs is 3. The molecule has 0 spiro atoms. The van der Waals surface area contributed by atoms with E-state index in [0.717, 1.165) is 13.0 Å². The molecule has 3 rings (SSSR count). The Hall–Kier alpha value is -1.84. The average molecular weight is 382 g/mol. The molecule has 0 saturated carbocycles. The molecule has 0 aliphatic carbocycles. The topological polar surface area (TPSA) is 34.4 Å². The Morgan fingerprint density at radius 2 is 1.32 bits per heavy atom. The van der Waals surface area contributed by atoms with Crippen LogP contribution in [0.15, 0.2) is 48.5 Å². The van der Waals surface area contributed by atoms with Crippen LogP contribution in [-0.4, -0.2) is 29.0 Å². The fourth-order valence-corrected chi connectivity index (χ4v) is 4.02. The summed E-state index contributed by atoms with van der Waals surface area (Å²) in [5.74, 6) is 0. The summed E-state index contributed by atoms with van der Waals surface area (Å²) in [5.41, 5.74) is 2.34. The van der Waals surface area contributed by atoms with Gasteiger partial charge in [-0.2, -0.15) is 0 Å². The van der Waals surface area contributed by atoms with E-state index in [4.69, 9.17) is 4.74 Å². The standard InChI is InChI=1S/C25H35NO2/c1-2-3-4-5-6-7-8-13-18-28-20-21(27)19-26-24-16-11-9-14-22(24)23-15-10-12-17-25(23)26/h9-12,14-17,21,27H,2-8,13,18-20H2,1H3/t21-/m0/s1. The highest BCUT2D eigenvalue weighted by Crippen LogP contribution is 2.28. The van der Waals surface area contributed by atoms with Gasteiger partial charge in [0.25, 0.3) is 0 Å². The molecule has 3 nitrogen and oxygen atoms in total. The van der Waals surface area contributed by atoms with Crippen molar-refractivity contribution in [1.82, 2.24) is 4.57 Å². The molecule has 0 amide bonds. The second-order valence-corrected chi connectivity index (χ2v) is 7.85. The molecule has 1 N–H and O–H groups in total. The molecule has 0 saturated heterocycles. The zero-order chi connectivity index (χ0) is 19.6. The summed E-state index contributed by atoms with van der Waals surface area (Å²) in [6.07, 6.45) is 9.90. The largest absolute Gasteiger partial charge is 0.389 e. The van der Waals surface area contributed by atoms with Gasteiger partial charge in [0.15, 0.2) is 0 Å². The van der Waals surface area contributed by atoms with Gasteiger partial charge in [-0.1, -0.05) is 88.3 Å². The zero-order valence-electron chi connectivity index (χ0n) is 17.3. The van der Waals surface area contributed by atoms with Crippen LogP contribution in [0, 0.1) is 0 Å². The first kappa shape index (κ1) is 20.9. The number of aromatic nitrogens is 1. The van der Waals surface area contributed by atoms with Gasteiger partial charge in [0, 0.05) is 28.4 Å². The summed E-state index contributed by atoms with van der Waals surface area (Å²) in [7, 11) is 0. The normalized spacial score (nSPS) is 12.8. The Morgan fingerprint density at radius 1 is 0.786 bits per heavy atom. The van der Waals surface area contributed by atoms with Crippen molar-refractivity contribution in [2.45, 2.75) is 70.9 Å². The van der Waals surface area contributed by atoms with Gasteiger partial charge in [-0.3, -0.25) is 0 Å². The van der Waals surface area contributed by atoms with E-state index in [9.17, 15) is 5.11 Å². The van der Waals surface area contributed by atoms with Crippen molar-refractivity contribution in [3.63, 3.8) is 0 Å². The molecule has 2 aromatic carbocycles. The van der Waals surface area contributed by atoms with Crippen molar-refractivity contribution >= 4 is 21.8 Å². The predicted molar refractivity (Wildman–Crippen MR) is 119 cm³/mol. The van der Waals surface area contributed by atoms with Gasteiger partial charge in [0.1, 0.15) is 0 Å². The van der Waals surface area contributed by atoms with Crippen LogP contribution in [-0.2, 0) is 11.3 Å². The van der Waals surface area contributed by atoms with Crippen molar-refractivity contribution in [1.29, 1.82) is 0 Å². The van der Waals surface area contributed by atoms with Crippen molar-refractivity contribution in [3.8, 4) is 0 Å². The minimum absolute atomic E-state index is 0.400. The van der Waals surface area contributed by atoms with E-state index in [0.29, 0.717) is 13.2 Å². The van der Waals surface area contributed by atoms with Crippen LogP contribution in [0.5, 0.6) is 0 Å². The molecule has 3 aromatic rings. The van der Waals surface area contributed by atoms with Gasteiger partial charge in [0.2, 0.25) is 0 Å². The van der Waals surface area contributed by atoms with Gasteiger partial charge in [-0.15, -0.1) is 0 Å². The monoisotopic (exact) mass is 381 g/mol. The van der Waals surface area contributed by atoms with Gasteiger partial charge < -0.3 is 14.4 Å². The lowest BCUT2D eigenvalue weighted by molar-refractivity contribution is 0.0278. The maximum Gasteiger partial charge on any atom is 0.0952 e. The first-order valence-electron chi connectivity index (χ1n) is 11.0. The van der Waals surface area contributed by atoms with Crippen LogP contribution in [0.25, 0.3) is 21.8 Å². The Balaban J connectivity index is 1.42. The lowest BCUT2D eigenvalue weighted by Crippen LogP contribution is -2.22. The highest BCUT2D eigenvalue weighted by atomic mass is 16.5. The number of aliphatic hydroxyl groups is 1. The highest BCUT2D eigenvalue weighted by Gasteiger charge is 2.13. The number of hydrogen-bond acceptors (Lipinski definition) is 2. The third-order valence-electron chi connectivity index (χ3n) is 5.53. The molecule has 1 atom stereocenters. The number of hydrogen-bond donors (Lipinski definition) is 1. The third kappa shape index (κ3) is 5.59. The second-order valence-electron chi connectivity index (χ2n) is 7.85. The summed E-state index contributed by atoms with van der Waals surface area (Å²) in [5, 5.41) is 13.0. The van der Waals surface area contributed by atoms with E-state index < -0.39 is 6.10 Å². The average Bonchev–Trinajstić information content (AvgIpc) is 3.03. The molecule has 3 heteroatoms. The maximum absolute atomic E-state index is 10.5. The smallest absolute Gasteiger partial charge is 0.0952 e. The lowest BCUT2D eigenvalue weighted by Gasteiger charge is -2.14. The Labute approximate surface area is 169 Å². The quantitative estimate of drug-likeness (QED) is 0.352. The van der Waals surface area contributed by atoms with E-state index in [1.807, 2.05) is 0 Å². The van der Waals surface area contributed by atoms with E-state index in [1.54, 1.807) is 0 Å². The number of para-hydroxylation sites is 2. The molecular formula is C25H35NO2. The van der Waals surface area contributed by atoms with Crippen molar-refractivity contribution in [2.75, 3.05) is 13.2 Å². The molecule has 0 fully saturated rings. The van der Waals surface area contributed by atoms with Crippen LogP contribution in [0.2, 0.25) is 0 Å². The summed E-state index contributed by atoms with van der Waals surface area (Å²) in [4.78, 5) is 0. The van der Waals surface area contributed by atoms with Gasteiger partial charge in [0.05, 0.1) is 19.3 Å². The third-order valence-corrected chi connectivity index (χ3v) is 5.53. The Bertz CT molecular complexity index is 786. The van der Waals surface area contributed by atoms with E-state index in [-0.39, 0.29) is 0 Å². The molecule has 28 heavy (non-hydrogen) atoms. The van der Waals surface area contributed by atoms with E-state index in [1.165, 1.54) is 66.8 Å². The molecule has 0 aliphatic rings. The van der Waals surface area contributed by atoms with Gasteiger partial charge in [-0.05, 0) is 18.6 Å². The number of nitrogens with zero attached hydrogens (tertiary/aromatic N) is 1. The lowest BCUT2D eigenvalue weighted by atomic mass is 10.1. The van der Waals surface area contributed by atoms with Gasteiger partial charge >= 0.3 is 0 Å².